The molecule has 2 aromatic rings. The van der Waals surface area contributed by atoms with Crippen molar-refractivity contribution in [2.24, 2.45) is 0 Å². The van der Waals surface area contributed by atoms with Crippen molar-refractivity contribution in [3.8, 4) is 5.19 Å². The van der Waals surface area contributed by atoms with Crippen LogP contribution in [0.2, 0.25) is 0 Å². The van der Waals surface area contributed by atoms with E-state index in [2.05, 4.69) is 31.0 Å². The molecular weight excluding hydrogens is 250 g/mol. The molecule has 1 aromatic carbocycles. The Hall–Kier alpha value is -1.00. The molecule has 1 heterocycles. The van der Waals surface area contributed by atoms with Gasteiger partial charge < -0.3 is 4.74 Å². The van der Waals surface area contributed by atoms with Gasteiger partial charge in [-0.25, -0.2) is 4.98 Å². The third-order valence-corrected chi connectivity index (χ3v) is 4.35. The highest BCUT2D eigenvalue weighted by Gasteiger charge is 2.04. The first kappa shape index (κ1) is 12.5. The number of hydrogen-bond acceptors (Lipinski definition) is 4. The molecule has 0 aliphatic rings. The zero-order valence-corrected chi connectivity index (χ0v) is 11.6. The van der Waals surface area contributed by atoms with Crippen molar-refractivity contribution in [2.45, 2.75) is 24.7 Å². The number of aryl methyl sites for hydroxylation is 1. The highest BCUT2D eigenvalue weighted by atomic mass is 32.2. The Balaban J connectivity index is 1.95. The summed E-state index contributed by atoms with van der Waals surface area (Å²) in [5.74, 6) is 1.07. The second kappa shape index (κ2) is 6.07. The van der Waals surface area contributed by atoms with Crippen molar-refractivity contribution in [2.75, 3.05) is 5.75 Å². The summed E-state index contributed by atoms with van der Waals surface area (Å²) in [4.78, 5) is 4.25. The second-order valence-corrected chi connectivity index (χ2v) is 6.15. The lowest BCUT2D eigenvalue weighted by molar-refractivity contribution is 0.304. The molecule has 0 aliphatic heterocycles. The van der Waals surface area contributed by atoms with Gasteiger partial charge in [0.05, 0.1) is 10.4 Å². The highest BCUT2D eigenvalue weighted by molar-refractivity contribution is 8.01. The molecular formula is C13H15NOS2. The number of aromatic nitrogens is 1. The van der Waals surface area contributed by atoms with Crippen LogP contribution in [0.4, 0.5) is 0 Å². The van der Waals surface area contributed by atoms with E-state index in [0.29, 0.717) is 6.61 Å². The van der Waals surface area contributed by atoms with Crippen LogP contribution in [0.1, 0.15) is 18.1 Å². The zero-order chi connectivity index (χ0) is 12.1. The predicted octanol–water partition coefficient (Wildman–Crippen LogP) is 4.14. The van der Waals surface area contributed by atoms with Crippen LogP contribution in [-0.2, 0) is 6.61 Å². The summed E-state index contributed by atoms with van der Waals surface area (Å²) in [5, 5.41) is 0.754. The maximum Gasteiger partial charge on any atom is 0.274 e. The summed E-state index contributed by atoms with van der Waals surface area (Å²) < 4.78 is 6.91. The Morgan fingerprint density at radius 2 is 2.18 bits per heavy atom. The number of benzene rings is 1. The van der Waals surface area contributed by atoms with Gasteiger partial charge in [-0.1, -0.05) is 42.5 Å². The largest absolute Gasteiger partial charge is 0.465 e. The highest BCUT2D eigenvalue weighted by Crippen LogP contribution is 2.29. The standard InChI is InChI=1S/C13H15NOS2/c1-3-16-12-8-14-13(17-12)15-9-11-7-5-4-6-10(11)2/h4-8H,3,9H2,1-2H3. The van der Waals surface area contributed by atoms with Crippen LogP contribution in [-0.4, -0.2) is 10.7 Å². The summed E-state index contributed by atoms with van der Waals surface area (Å²) in [6.07, 6.45) is 1.88. The van der Waals surface area contributed by atoms with Crippen molar-refractivity contribution < 1.29 is 4.74 Å². The predicted molar refractivity (Wildman–Crippen MR) is 74.0 cm³/mol. The number of thioether (sulfide) groups is 1. The molecule has 2 nitrogen and oxygen atoms in total. The minimum atomic E-state index is 0.594. The van der Waals surface area contributed by atoms with Crippen molar-refractivity contribution in [1.29, 1.82) is 0 Å². The van der Waals surface area contributed by atoms with Crippen molar-refractivity contribution in [3.63, 3.8) is 0 Å². The Bertz CT molecular complexity index is 482. The van der Waals surface area contributed by atoms with E-state index in [1.54, 1.807) is 23.1 Å². The van der Waals surface area contributed by atoms with Crippen molar-refractivity contribution in [1.82, 2.24) is 4.98 Å². The quantitative estimate of drug-likeness (QED) is 0.758. The number of rotatable bonds is 5. The van der Waals surface area contributed by atoms with Crippen LogP contribution >= 0.6 is 23.1 Å². The molecule has 0 N–H and O–H groups in total. The molecule has 0 bridgehead atoms. The van der Waals surface area contributed by atoms with Crippen LogP contribution in [0.25, 0.3) is 0 Å². The normalized spacial score (nSPS) is 10.5. The van der Waals surface area contributed by atoms with Crippen LogP contribution in [0.5, 0.6) is 5.19 Å². The molecule has 90 valence electrons. The fraction of sp³-hybridized carbons (Fsp3) is 0.308. The smallest absolute Gasteiger partial charge is 0.274 e. The lowest BCUT2D eigenvalue weighted by atomic mass is 10.1. The van der Waals surface area contributed by atoms with E-state index in [0.717, 1.165) is 10.9 Å². The number of hydrogen-bond donors (Lipinski definition) is 0. The molecule has 0 aliphatic carbocycles. The SMILES string of the molecule is CCSc1cnc(OCc2ccccc2C)s1. The molecule has 2 rings (SSSR count). The first-order valence-corrected chi connectivity index (χ1v) is 7.35. The molecule has 0 spiro atoms. The molecule has 17 heavy (non-hydrogen) atoms. The van der Waals surface area contributed by atoms with E-state index in [1.165, 1.54) is 15.3 Å². The molecule has 0 saturated carbocycles. The minimum absolute atomic E-state index is 0.594. The average molecular weight is 265 g/mol. The Morgan fingerprint density at radius 1 is 1.35 bits per heavy atom. The first-order chi connectivity index (χ1) is 8.29. The zero-order valence-electron chi connectivity index (χ0n) is 9.97. The molecule has 4 heteroatoms. The van der Waals surface area contributed by atoms with Gasteiger partial charge in [0.15, 0.2) is 0 Å². The fourth-order valence-electron chi connectivity index (χ4n) is 1.43. The van der Waals surface area contributed by atoms with Crippen molar-refractivity contribution >= 4 is 23.1 Å². The maximum absolute atomic E-state index is 5.69. The third-order valence-electron chi connectivity index (χ3n) is 2.36. The monoisotopic (exact) mass is 265 g/mol. The summed E-state index contributed by atoms with van der Waals surface area (Å²) in [6, 6.07) is 8.26. The van der Waals surface area contributed by atoms with Crippen molar-refractivity contribution in [3.05, 3.63) is 41.6 Å². The minimum Gasteiger partial charge on any atom is -0.465 e. The van der Waals surface area contributed by atoms with E-state index in [4.69, 9.17) is 4.74 Å². The van der Waals surface area contributed by atoms with Gasteiger partial charge in [0.25, 0.3) is 5.19 Å². The van der Waals surface area contributed by atoms with E-state index < -0.39 is 0 Å². The summed E-state index contributed by atoms with van der Waals surface area (Å²) in [5.41, 5.74) is 2.47. The van der Waals surface area contributed by atoms with Crippen LogP contribution < -0.4 is 4.74 Å². The molecule has 1 aromatic heterocycles. The van der Waals surface area contributed by atoms with Crippen LogP contribution in [0, 0.1) is 6.92 Å². The molecule has 0 atom stereocenters. The van der Waals surface area contributed by atoms with Gasteiger partial charge >= 0.3 is 0 Å². The number of ether oxygens (including phenoxy) is 1. The number of thiazole rings is 1. The van der Waals surface area contributed by atoms with Gasteiger partial charge in [-0.05, 0) is 23.8 Å². The van der Waals surface area contributed by atoms with Gasteiger partial charge in [-0.15, -0.1) is 11.8 Å². The average Bonchev–Trinajstić information content (AvgIpc) is 2.76. The van der Waals surface area contributed by atoms with Gasteiger partial charge in [-0.2, -0.15) is 0 Å². The van der Waals surface area contributed by atoms with E-state index in [-0.39, 0.29) is 0 Å². The fourth-order valence-corrected chi connectivity index (χ4v) is 3.15. The Labute approximate surface area is 110 Å². The number of nitrogens with zero attached hydrogens (tertiary/aromatic N) is 1. The van der Waals surface area contributed by atoms with Gasteiger partial charge in [0.2, 0.25) is 0 Å². The van der Waals surface area contributed by atoms with E-state index in [1.807, 2.05) is 18.3 Å². The summed E-state index contributed by atoms with van der Waals surface area (Å²) in [7, 11) is 0. The van der Waals surface area contributed by atoms with Crippen LogP contribution in [0.15, 0.2) is 34.7 Å². The topological polar surface area (TPSA) is 22.1 Å². The summed E-state index contributed by atoms with van der Waals surface area (Å²) >= 11 is 3.41. The lowest BCUT2D eigenvalue weighted by Gasteiger charge is -2.05. The molecule has 0 unspecified atom stereocenters. The third kappa shape index (κ3) is 3.48. The molecule has 0 fully saturated rings. The molecule has 0 amide bonds. The lowest BCUT2D eigenvalue weighted by Crippen LogP contribution is -1.96. The first-order valence-electron chi connectivity index (χ1n) is 5.55. The summed E-state index contributed by atoms with van der Waals surface area (Å²) in [6.45, 7) is 4.83. The van der Waals surface area contributed by atoms with Gasteiger partial charge in [0.1, 0.15) is 6.61 Å². The Kier molecular flexibility index (Phi) is 4.45. The van der Waals surface area contributed by atoms with Gasteiger partial charge in [0, 0.05) is 0 Å². The van der Waals surface area contributed by atoms with Gasteiger partial charge in [-0.3, -0.25) is 0 Å². The molecule has 0 radical (unpaired) electrons. The molecule has 0 saturated heterocycles. The van der Waals surface area contributed by atoms with E-state index in [9.17, 15) is 0 Å². The second-order valence-electron chi connectivity index (χ2n) is 3.59. The van der Waals surface area contributed by atoms with E-state index >= 15 is 0 Å². The Morgan fingerprint density at radius 3 is 2.94 bits per heavy atom. The van der Waals surface area contributed by atoms with Crippen LogP contribution in [0.3, 0.4) is 0 Å². The maximum atomic E-state index is 5.69.